The van der Waals surface area contributed by atoms with Gasteiger partial charge in [-0.2, -0.15) is 0 Å². The van der Waals surface area contributed by atoms with E-state index >= 15 is 0 Å². The van der Waals surface area contributed by atoms with Crippen LogP contribution in [0.3, 0.4) is 0 Å². The monoisotopic (exact) mass is 345 g/mol. The highest BCUT2D eigenvalue weighted by Gasteiger charge is 2.23. The number of fused-ring (bicyclic) bond motifs is 1. The number of amides is 1. The van der Waals surface area contributed by atoms with Crippen LogP contribution >= 0.6 is 15.9 Å². The highest BCUT2D eigenvalue weighted by atomic mass is 79.9. The van der Waals surface area contributed by atoms with E-state index in [1.807, 2.05) is 41.3 Å². The molecule has 3 N–H and O–H groups in total. The SMILES string of the molecule is Nc1cccc2c1N(CC(=O)Nc1cccc(Br)c1)CC2. The van der Waals surface area contributed by atoms with E-state index in [4.69, 9.17) is 5.73 Å². The Morgan fingerprint density at radius 3 is 2.90 bits per heavy atom. The molecule has 5 heteroatoms. The summed E-state index contributed by atoms with van der Waals surface area (Å²) in [5, 5.41) is 2.91. The van der Waals surface area contributed by atoms with Gasteiger partial charge in [-0.25, -0.2) is 0 Å². The van der Waals surface area contributed by atoms with E-state index < -0.39 is 0 Å². The largest absolute Gasteiger partial charge is 0.397 e. The highest BCUT2D eigenvalue weighted by Crippen LogP contribution is 2.33. The molecule has 108 valence electrons. The molecular weight excluding hydrogens is 330 g/mol. The second kappa shape index (κ2) is 5.77. The number of nitrogens with two attached hydrogens (primary N) is 1. The summed E-state index contributed by atoms with van der Waals surface area (Å²) in [6.07, 6.45) is 0.935. The maximum absolute atomic E-state index is 12.2. The summed E-state index contributed by atoms with van der Waals surface area (Å²) >= 11 is 3.39. The summed E-state index contributed by atoms with van der Waals surface area (Å²) in [7, 11) is 0. The number of hydrogen-bond acceptors (Lipinski definition) is 3. The lowest BCUT2D eigenvalue weighted by Crippen LogP contribution is -2.32. The summed E-state index contributed by atoms with van der Waals surface area (Å²) in [5.41, 5.74) is 9.77. The molecular formula is C16H16BrN3O. The van der Waals surface area contributed by atoms with Gasteiger partial charge in [0.1, 0.15) is 0 Å². The molecule has 3 rings (SSSR count). The third-order valence-corrected chi connectivity index (χ3v) is 4.05. The highest BCUT2D eigenvalue weighted by molar-refractivity contribution is 9.10. The third kappa shape index (κ3) is 3.03. The Morgan fingerprint density at radius 2 is 2.10 bits per heavy atom. The third-order valence-electron chi connectivity index (χ3n) is 3.56. The molecule has 0 unspecified atom stereocenters. The molecule has 21 heavy (non-hydrogen) atoms. The molecule has 0 spiro atoms. The van der Waals surface area contributed by atoms with Gasteiger partial charge in [0.2, 0.25) is 5.91 Å². The summed E-state index contributed by atoms with van der Waals surface area (Å²) in [6, 6.07) is 13.5. The number of nitrogen functional groups attached to an aromatic ring is 1. The predicted molar refractivity (Wildman–Crippen MR) is 89.5 cm³/mol. The molecule has 0 aliphatic carbocycles. The Kier molecular flexibility index (Phi) is 3.84. The molecule has 0 saturated carbocycles. The van der Waals surface area contributed by atoms with Crippen molar-refractivity contribution in [3.05, 3.63) is 52.5 Å². The molecule has 1 amide bonds. The van der Waals surface area contributed by atoms with Crippen LogP contribution in [0.1, 0.15) is 5.56 Å². The summed E-state index contributed by atoms with van der Waals surface area (Å²) < 4.78 is 0.941. The Morgan fingerprint density at radius 1 is 1.29 bits per heavy atom. The average molecular weight is 346 g/mol. The van der Waals surface area contributed by atoms with Crippen molar-refractivity contribution in [2.75, 3.05) is 29.0 Å². The lowest BCUT2D eigenvalue weighted by Gasteiger charge is -2.20. The van der Waals surface area contributed by atoms with Gasteiger partial charge in [0.05, 0.1) is 17.9 Å². The molecule has 1 aliphatic heterocycles. The van der Waals surface area contributed by atoms with Crippen molar-refractivity contribution < 1.29 is 4.79 Å². The molecule has 2 aromatic carbocycles. The Hall–Kier alpha value is -2.01. The number of benzene rings is 2. The second-order valence-corrected chi connectivity index (χ2v) is 6.00. The van der Waals surface area contributed by atoms with Crippen LogP contribution < -0.4 is 16.0 Å². The molecule has 0 radical (unpaired) electrons. The first-order chi connectivity index (χ1) is 10.1. The first-order valence-corrected chi connectivity index (χ1v) is 7.60. The van der Waals surface area contributed by atoms with E-state index in [2.05, 4.69) is 27.3 Å². The summed E-state index contributed by atoms with van der Waals surface area (Å²) in [4.78, 5) is 14.2. The minimum absolute atomic E-state index is 0.0378. The summed E-state index contributed by atoms with van der Waals surface area (Å²) in [5.74, 6) is -0.0378. The minimum atomic E-state index is -0.0378. The van der Waals surface area contributed by atoms with Crippen LogP contribution in [0.4, 0.5) is 17.1 Å². The number of halogens is 1. The van der Waals surface area contributed by atoms with Gasteiger partial charge in [-0.15, -0.1) is 0 Å². The molecule has 0 bridgehead atoms. The van der Waals surface area contributed by atoms with Gasteiger partial charge >= 0.3 is 0 Å². The number of nitrogens with one attached hydrogen (secondary N) is 1. The fourth-order valence-corrected chi connectivity index (χ4v) is 3.06. The van der Waals surface area contributed by atoms with Crippen molar-refractivity contribution in [2.24, 2.45) is 0 Å². The van der Waals surface area contributed by atoms with Crippen molar-refractivity contribution >= 4 is 38.9 Å². The number of carbonyl (C=O) groups excluding carboxylic acids is 1. The Balaban J connectivity index is 1.70. The first-order valence-electron chi connectivity index (χ1n) is 6.81. The van der Waals surface area contributed by atoms with Crippen LogP contribution in [0.25, 0.3) is 0 Å². The number of carbonyl (C=O) groups is 1. The number of nitrogens with zero attached hydrogens (tertiary/aromatic N) is 1. The van der Waals surface area contributed by atoms with Gasteiger partial charge in [0.15, 0.2) is 0 Å². The van der Waals surface area contributed by atoms with Crippen molar-refractivity contribution in [2.45, 2.75) is 6.42 Å². The second-order valence-electron chi connectivity index (χ2n) is 5.09. The van der Waals surface area contributed by atoms with Crippen LogP contribution in [0.15, 0.2) is 46.9 Å². The maximum Gasteiger partial charge on any atom is 0.243 e. The average Bonchev–Trinajstić information content (AvgIpc) is 2.83. The lowest BCUT2D eigenvalue weighted by atomic mass is 10.1. The van der Waals surface area contributed by atoms with Crippen LogP contribution in [0, 0.1) is 0 Å². The van der Waals surface area contributed by atoms with Gasteiger partial charge in [0, 0.05) is 16.7 Å². The fraction of sp³-hybridized carbons (Fsp3) is 0.188. The van der Waals surface area contributed by atoms with E-state index in [-0.39, 0.29) is 5.91 Å². The molecule has 4 nitrogen and oxygen atoms in total. The number of para-hydroxylation sites is 1. The lowest BCUT2D eigenvalue weighted by molar-refractivity contribution is -0.114. The molecule has 0 aromatic heterocycles. The molecule has 0 saturated heterocycles. The van der Waals surface area contributed by atoms with Gasteiger partial charge in [-0.3, -0.25) is 4.79 Å². The van der Waals surface area contributed by atoms with Gasteiger partial charge in [-0.1, -0.05) is 34.1 Å². The molecule has 0 fully saturated rings. The van der Waals surface area contributed by atoms with Crippen molar-refractivity contribution in [3.63, 3.8) is 0 Å². The smallest absolute Gasteiger partial charge is 0.243 e. The number of hydrogen-bond donors (Lipinski definition) is 2. The van der Waals surface area contributed by atoms with E-state index in [1.165, 1.54) is 5.56 Å². The van der Waals surface area contributed by atoms with E-state index in [1.54, 1.807) is 0 Å². The number of anilines is 3. The van der Waals surface area contributed by atoms with Gasteiger partial charge in [0.25, 0.3) is 0 Å². The zero-order valence-electron chi connectivity index (χ0n) is 11.5. The zero-order chi connectivity index (χ0) is 14.8. The quantitative estimate of drug-likeness (QED) is 0.840. The Labute approximate surface area is 132 Å². The van der Waals surface area contributed by atoms with Crippen LogP contribution in [-0.4, -0.2) is 19.0 Å². The number of rotatable bonds is 3. The molecule has 1 heterocycles. The Bertz CT molecular complexity index is 687. The molecule has 1 aliphatic rings. The van der Waals surface area contributed by atoms with Crippen molar-refractivity contribution in [1.82, 2.24) is 0 Å². The van der Waals surface area contributed by atoms with E-state index in [0.717, 1.165) is 34.5 Å². The first kappa shape index (κ1) is 13.9. The fourth-order valence-electron chi connectivity index (χ4n) is 2.66. The van der Waals surface area contributed by atoms with Crippen LogP contribution in [-0.2, 0) is 11.2 Å². The van der Waals surface area contributed by atoms with Crippen LogP contribution in [0.5, 0.6) is 0 Å². The topological polar surface area (TPSA) is 58.4 Å². The van der Waals surface area contributed by atoms with E-state index in [9.17, 15) is 4.79 Å². The van der Waals surface area contributed by atoms with Gasteiger partial charge in [-0.05, 0) is 36.2 Å². The van der Waals surface area contributed by atoms with Crippen molar-refractivity contribution in [3.8, 4) is 0 Å². The molecule has 2 aromatic rings. The van der Waals surface area contributed by atoms with E-state index in [0.29, 0.717) is 6.54 Å². The van der Waals surface area contributed by atoms with Gasteiger partial charge < -0.3 is 16.0 Å². The maximum atomic E-state index is 12.2. The predicted octanol–water partition coefficient (Wildman–Crippen LogP) is 3.03. The zero-order valence-corrected chi connectivity index (χ0v) is 13.1. The standard InChI is InChI=1S/C16H16BrN3O/c17-12-4-2-5-13(9-12)19-15(21)10-20-8-7-11-3-1-6-14(18)16(11)20/h1-6,9H,7-8,10,18H2,(H,19,21). The van der Waals surface area contributed by atoms with Crippen molar-refractivity contribution in [1.29, 1.82) is 0 Å². The van der Waals surface area contributed by atoms with Crippen LogP contribution in [0.2, 0.25) is 0 Å². The molecule has 0 atom stereocenters. The minimum Gasteiger partial charge on any atom is -0.397 e. The summed E-state index contributed by atoms with van der Waals surface area (Å²) in [6.45, 7) is 1.14. The normalized spacial score (nSPS) is 13.1.